The van der Waals surface area contributed by atoms with E-state index >= 15 is 0 Å². The Morgan fingerprint density at radius 3 is 2.50 bits per heavy atom. The molecule has 1 heterocycles. The van der Waals surface area contributed by atoms with Gasteiger partial charge in [0.25, 0.3) is 0 Å². The first kappa shape index (κ1) is 15.7. The van der Waals surface area contributed by atoms with E-state index in [-0.39, 0.29) is 27.9 Å². The number of hydrogen-bond donors (Lipinski definition) is 2. The Balaban J connectivity index is 2.29. The molecule has 5 nitrogen and oxygen atoms in total. The number of ether oxygens (including phenoxy) is 1. The van der Waals surface area contributed by atoms with Crippen molar-refractivity contribution in [1.29, 1.82) is 0 Å². The fraction of sp³-hybridized carbons (Fsp3) is 0.105. The molecule has 0 spiro atoms. The van der Waals surface area contributed by atoms with Crippen LogP contribution in [0.5, 0.6) is 17.2 Å². The third-order valence-electron chi connectivity index (χ3n) is 3.78. The smallest absolute Gasteiger partial charge is 0.197 e. The first-order chi connectivity index (χ1) is 11.5. The summed E-state index contributed by atoms with van der Waals surface area (Å²) in [5, 5.41) is 20.1. The third-order valence-corrected chi connectivity index (χ3v) is 3.78. The maximum absolute atomic E-state index is 12.4. The van der Waals surface area contributed by atoms with Crippen LogP contribution in [0, 0.1) is 0 Å². The van der Waals surface area contributed by atoms with Gasteiger partial charge in [0.2, 0.25) is 0 Å². The van der Waals surface area contributed by atoms with Crippen LogP contribution in [0.4, 0.5) is 0 Å². The molecule has 0 radical (unpaired) electrons. The Kier molecular flexibility index (Phi) is 4.00. The maximum Gasteiger partial charge on any atom is 0.197 e. The van der Waals surface area contributed by atoms with Crippen LogP contribution in [0.3, 0.4) is 0 Å². The Labute approximate surface area is 138 Å². The zero-order chi connectivity index (χ0) is 17.3. The lowest BCUT2D eigenvalue weighted by molar-refractivity contribution is 0.415. The third kappa shape index (κ3) is 2.60. The van der Waals surface area contributed by atoms with Gasteiger partial charge in [0.15, 0.2) is 5.43 Å². The van der Waals surface area contributed by atoms with E-state index in [1.807, 2.05) is 0 Å². The van der Waals surface area contributed by atoms with Crippen molar-refractivity contribution in [2.75, 3.05) is 7.11 Å². The number of allylic oxidation sites excluding steroid dienone is 1. The largest absolute Gasteiger partial charge is 0.507 e. The predicted molar refractivity (Wildman–Crippen MR) is 91.7 cm³/mol. The molecule has 2 N–H and O–H groups in total. The molecule has 0 aliphatic carbocycles. The van der Waals surface area contributed by atoms with E-state index < -0.39 is 0 Å². The Morgan fingerprint density at radius 1 is 1.17 bits per heavy atom. The Hall–Kier alpha value is -3.21. The van der Waals surface area contributed by atoms with Gasteiger partial charge in [0.1, 0.15) is 34.0 Å². The average Bonchev–Trinajstić information content (AvgIpc) is 2.58. The number of phenols is 2. The van der Waals surface area contributed by atoms with Gasteiger partial charge in [-0.05, 0) is 30.7 Å². The van der Waals surface area contributed by atoms with Crippen molar-refractivity contribution in [2.24, 2.45) is 0 Å². The number of aromatic hydroxyl groups is 2. The molecule has 0 aliphatic heterocycles. The van der Waals surface area contributed by atoms with Crippen LogP contribution in [-0.2, 0) is 6.42 Å². The van der Waals surface area contributed by atoms with Crippen molar-refractivity contribution in [1.82, 2.24) is 0 Å². The summed E-state index contributed by atoms with van der Waals surface area (Å²) >= 11 is 0. The maximum atomic E-state index is 12.4. The zero-order valence-electron chi connectivity index (χ0n) is 13.1. The van der Waals surface area contributed by atoms with E-state index in [9.17, 15) is 15.0 Å². The minimum absolute atomic E-state index is 0.0434. The summed E-state index contributed by atoms with van der Waals surface area (Å²) in [5.41, 5.74) is 0.864. The van der Waals surface area contributed by atoms with Gasteiger partial charge < -0.3 is 19.4 Å². The summed E-state index contributed by atoms with van der Waals surface area (Å²) in [6.45, 7) is 3.64. The standard InChI is InChI=1S/C19H16O5/c1-3-4-13-14(20)9-15(21)18-16(22)10-17(24-19(13)18)11-5-7-12(23-2)8-6-11/h3,5-10,20-21H,1,4H2,2H3. The number of rotatable bonds is 4. The second-order valence-corrected chi connectivity index (χ2v) is 5.29. The highest BCUT2D eigenvalue weighted by Crippen LogP contribution is 2.35. The van der Waals surface area contributed by atoms with Crippen LogP contribution in [0.25, 0.3) is 22.3 Å². The normalized spacial score (nSPS) is 10.7. The van der Waals surface area contributed by atoms with E-state index in [0.29, 0.717) is 29.1 Å². The zero-order valence-corrected chi connectivity index (χ0v) is 13.1. The van der Waals surface area contributed by atoms with E-state index in [0.717, 1.165) is 6.07 Å². The van der Waals surface area contributed by atoms with E-state index in [1.54, 1.807) is 37.5 Å². The molecule has 0 saturated carbocycles. The summed E-state index contributed by atoms with van der Waals surface area (Å²) in [6, 6.07) is 9.50. The summed E-state index contributed by atoms with van der Waals surface area (Å²) in [6.07, 6.45) is 1.89. The monoisotopic (exact) mass is 324 g/mol. The highest BCUT2D eigenvalue weighted by molar-refractivity contribution is 5.89. The molecule has 0 unspecified atom stereocenters. The molecule has 0 fully saturated rings. The molecule has 0 amide bonds. The fourth-order valence-corrected chi connectivity index (χ4v) is 2.59. The van der Waals surface area contributed by atoms with Crippen LogP contribution in [0.1, 0.15) is 5.56 Å². The molecule has 3 rings (SSSR count). The van der Waals surface area contributed by atoms with Gasteiger partial charge in [-0.2, -0.15) is 0 Å². The van der Waals surface area contributed by atoms with Crippen molar-refractivity contribution in [3.63, 3.8) is 0 Å². The SMILES string of the molecule is C=CCc1c(O)cc(O)c2c(=O)cc(-c3ccc(OC)cc3)oc12. The molecular formula is C19H16O5. The molecule has 0 bridgehead atoms. The van der Waals surface area contributed by atoms with Crippen LogP contribution in [0.15, 0.2) is 58.3 Å². The van der Waals surface area contributed by atoms with E-state index in [1.165, 1.54) is 6.07 Å². The van der Waals surface area contributed by atoms with Gasteiger partial charge in [-0.15, -0.1) is 6.58 Å². The molecule has 1 aromatic heterocycles. The molecule has 0 aliphatic rings. The quantitative estimate of drug-likeness (QED) is 0.717. The highest BCUT2D eigenvalue weighted by Gasteiger charge is 2.17. The Bertz CT molecular complexity index is 968. The summed E-state index contributed by atoms with van der Waals surface area (Å²) in [7, 11) is 1.57. The predicted octanol–water partition coefficient (Wildman–Crippen LogP) is 3.61. The van der Waals surface area contributed by atoms with Crippen LogP contribution < -0.4 is 10.2 Å². The van der Waals surface area contributed by atoms with Gasteiger partial charge in [-0.3, -0.25) is 4.79 Å². The van der Waals surface area contributed by atoms with Crippen molar-refractivity contribution >= 4 is 11.0 Å². The van der Waals surface area contributed by atoms with Crippen molar-refractivity contribution in [2.45, 2.75) is 6.42 Å². The number of fused-ring (bicyclic) bond motifs is 1. The number of hydrogen-bond acceptors (Lipinski definition) is 5. The summed E-state index contributed by atoms with van der Waals surface area (Å²) in [4.78, 5) is 12.4. The molecule has 0 saturated heterocycles. The minimum Gasteiger partial charge on any atom is -0.507 e. The molecule has 0 atom stereocenters. The lowest BCUT2D eigenvalue weighted by Gasteiger charge is -2.10. The molecule has 2 aromatic carbocycles. The van der Waals surface area contributed by atoms with Gasteiger partial charge in [-0.1, -0.05) is 6.08 Å². The van der Waals surface area contributed by atoms with Crippen molar-refractivity contribution in [3.8, 4) is 28.6 Å². The summed E-state index contributed by atoms with van der Waals surface area (Å²) < 4.78 is 11.0. The Morgan fingerprint density at radius 2 is 1.88 bits per heavy atom. The van der Waals surface area contributed by atoms with E-state index in [4.69, 9.17) is 9.15 Å². The van der Waals surface area contributed by atoms with Crippen molar-refractivity contribution < 1.29 is 19.4 Å². The average molecular weight is 324 g/mol. The number of benzene rings is 2. The molecule has 5 heteroatoms. The lowest BCUT2D eigenvalue weighted by atomic mass is 10.0. The highest BCUT2D eigenvalue weighted by atomic mass is 16.5. The molecule has 24 heavy (non-hydrogen) atoms. The van der Waals surface area contributed by atoms with Gasteiger partial charge in [0.05, 0.1) is 7.11 Å². The first-order valence-corrected chi connectivity index (χ1v) is 7.32. The van der Waals surface area contributed by atoms with Gasteiger partial charge in [0, 0.05) is 23.3 Å². The van der Waals surface area contributed by atoms with Crippen LogP contribution in [-0.4, -0.2) is 17.3 Å². The van der Waals surface area contributed by atoms with Crippen molar-refractivity contribution in [3.05, 3.63) is 64.8 Å². The van der Waals surface area contributed by atoms with Crippen LogP contribution in [0.2, 0.25) is 0 Å². The lowest BCUT2D eigenvalue weighted by Crippen LogP contribution is -2.03. The van der Waals surface area contributed by atoms with Crippen LogP contribution >= 0.6 is 0 Å². The molecule has 122 valence electrons. The summed E-state index contributed by atoms with van der Waals surface area (Å²) in [5.74, 6) is 0.565. The second-order valence-electron chi connectivity index (χ2n) is 5.29. The first-order valence-electron chi connectivity index (χ1n) is 7.32. The minimum atomic E-state index is -0.384. The number of methoxy groups -OCH3 is 1. The second kappa shape index (κ2) is 6.12. The molecular weight excluding hydrogens is 308 g/mol. The molecule has 3 aromatic rings. The number of phenolic OH excluding ortho intramolecular Hbond substituents is 2. The fourth-order valence-electron chi connectivity index (χ4n) is 2.59. The van der Waals surface area contributed by atoms with Gasteiger partial charge >= 0.3 is 0 Å². The van der Waals surface area contributed by atoms with E-state index in [2.05, 4.69) is 6.58 Å². The van der Waals surface area contributed by atoms with Gasteiger partial charge in [-0.25, -0.2) is 0 Å². The topological polar surface area (TPSA) is 79.9 Å².